The summed E-state index contributed by atoms with van der Waals surface area (Å²) in [5.74, 6) is -1.34. The van der Waals surface area contributed by atoms with Crippen LogP contribution in [-0.2, 0) is 0 Å². The van der Waals surface area contributed by atoms with Crippen molar-refractivity contribution in [3.8, 4) is 0 Å². The van der Waals surface area contributed by atoms with E-state index in [-0.39, 0.29) is 12.2 Å². The SMILES string of the molecule is OC(CNc1cc(F)cc(F)c1)c1ccccc1Cl. The van der Waals surface area contributed by atoms with Crippen LogP contribution in [0.2, 0.25) is 5.02 Å². The van der Waals surface area contributed by atoms with Crippen LogP contribution in [-0.4, -0.2) is 11.7 Å². The molecule has 1 unspecified atom stereocenters. The number of benzene rings is 2. The van der Waals surface area contributed by atoms with Gasteiger partial charge in [-0.3, -0.25) is 0 Å². The van der Waals surface area contributed by atoms with Crippen molar-refractivity contribution in [1.82, 2.24) is 0 Å². The highest BCUT2D eigenvalue weighted by atomic mass is 35.5. The molecular formula is C14H12ClF2NO. The minimum atomic E-state index is -0.861. The lowest BCUT2D eigenvalue weighted by atomic mass is 10.1. The molecule has 19 heavy (non-hydrogen) atoms. The highest BCUT2D eigenvalue weighted by Crippen LogP contribution is 2.23. The molecule has 0 aliphatic carbocycles. The summed E-state index contributed by atoms with van der Waals surface area (Å²) in [6.07, 6.45) is -0.861. The lowest BCUT2D eigenvalue weighted by molar-refractivity contribution is 0.191. The number of hydrogen-bond acceptors (Lipinski definition) is 2. The minimum Gasteiger partial charge on any atom is -0.387 e. The van der Waals surface area contributed by atoms with Gasteiger partial charge in [-0.15, -0.1) is 0 Å². The van der Waals surface area contributed by atoms with Crippen molar-refractivity contribution in [2.24, 2.45) is 0 Å². The smallest absolute Gasteiger partial charge is 0.128 e. The second-order valence-corrected chi connectivity index (χ2v) is 4.48. The molecule has 5 heteroatoms. The third-order valence-electron chi connectivity index (χ3n) is 2.63. The van der Waals surface area contributed by atoms with Crippen LogP contribution in [0.1, 0.15) is 11.7 Å². The summed E-state index contributed by atoms with van der Waals surface area (Å²) in [4.78, 5) is 0. The second-order valence-electron chi connectivity index (χ2n) is 4.08. The number of aliphatic hydroxyl groups excluding tert-OH is 1. The van der Waals surface area contributed by atoms with E-state index in [0.717, 1.165) is 18.2 Å². The van der Waals surface area contributed by atoms with Gasteiger partial charge in [0.15, 0.2) is 0 Å². The Morgan fingerprint density at radius 1 is 1.11 bits per heavy atom. The van der Waals surface area contributed by atoms with E-state index in [1.165, 1.54) is 0 Å². The number of halogens is 3. The van der Waals surface area contributed by atoms with Crippen LogP contribution in [0.5, 0.6) is 0 Å². The first kappa shape index (κ1) is 13.8. The van der Waals surface area contributed by atoms with E-state index in [1.807, 2.05) is 0 Å². The monoisotopic (exact) mass is 283 g/mol. The van der Waals surface area contributed by atoms with Crippen LogP contribution < -0.4 is 5.32 Å². The van der Waals surface area contributed by atoms with Gasteiger partial charge >= 0.3 is 0 Å². The lowest BCUT2D eigenvalue weighted by Gasteiger charge is -2.14. The number of aliphatic hydroxyl groups is 1. The van der Waals surface area contributed by atoms with Crippen LogP contribution in [0, 0.1) is 11.6 Å². The number of anilines is 1. The van der Waals surface area contributed by atoms with Gasteiger partial charge in [0, 0.05) is 28.9 Å². The first-order valence-corrected chi connectivity index (χ1v) is 6.06. The normalized spacial score (nSPS) is 12.2. The van der Waals surface area contributed by atoms with Gasteiger partial charge in [0.05, 0.1) is 6.10 Å². The molecule has 2 rings (SSSR count). The van der Waals surface area contributed by atoms with Crippen molar-refractivity contribution < 1.29 is 13.9 Å². The van der Waals surface area contributed by atoms with Crippen LogP contribution in [0.15, 0.2) is 42.5 Å². The van der Waals surface area contributed by atoms with E-state index in [9.17, 15) is 13.9 Å². The van der Waals surface area contributed by atoms with E-state index in [0.29, 0.717) is 10.6 Å². The Morgan fingerprint density at radius 2 is 1.74 bits per heavy atom. The molecule has 0 heterocycles. The molecule has 0 aliphatic heterocycles. The zero-order valence-corrected chi connectivity index (χ0v) is 10.7. The van der Waals surface area contributed by atoms with Crippen molar-refractivity contribution in [1.29, 1.82) is 0 Å². The maximum atomic E-state index is 13.0. The van der Waals surface area contributed by atoms with Crippen LogP contribution >= 0.6 is 11.6 Å². The molecule has 1 atom stereocenters. The van der Waals surface area contributed by atoms with E-state index < -0.39 is 17.7 Å². The molecule has 0 fully saturated rings. The molecule has 0 spiro atoms. The quantitative estimate of drug-likeness (QED) is 0.895. The Bertz CT molecular complexity index is 557. The highest BCUT2D eigenvalue weighted by Gasteiger charge is 2.11. The molecule has 100 valence electrons. The summed E-state index contributed by atoms with van der Waals surface area (Å²) in [5.41, 5.74) is 0.831. The van der Waals surface area contributed by atoms with E-state index >= 15 is 0 Å². The number of nitrogens with one attached hydrogen (secondary N) is 1. The average molecular weight is 284 g/mol. The average Bonchev–Trinajstić information content (AvgIpc) is 2.35. The largest absolute Gasteiger partial charge is 0.387 e. The van der Waals surface area contributed by atoms with Gasteiger partial charge in [-0.25, -0.2) is 8.78 Å². The fourth-order valence-electron chi connectivity index (χ4n) is 1.73. The van der Waals surface area contributed by atoms with Gasteiger partial charge in [-0.05, 0) is 18.2 Å². The molecule has 0 saturated carbocycles. The summed E-state index contributed by atoms with van der Waals surface area (Å²) in [7, 11) is 0. The zero-order chi connectivity index (χ0) is 13.8. The van der Waals surface area contributed by atoms with Crippen LogP contribution in [0.25, 0.3) is 0 Å². The molecule has 0 radical (unpaired) electrons. The van der Waals surface area contributed by atoms with Gasteiger partial charge in [0.25, 0.3) is 0 Å². The number of rotatable bonds is 4. The number of hydrogen-bond donors (Lipinski definition) is 2. The molecule has 0 aromatic heterocycles. The first-order chi connectivity index (χ1) is 9.06. The Labute approximate surface area is 114 Å². The van der Waals surface area contributed by atoms with E-state index in [4.69, 9.17) is 11.6 Å². The fraction of sp³-hybridized carbons (Fsp3) is 0.143. The van der Waals surface area contributed by atoms with Gasteiger partial charge in [-0.2, -0.15) is 0 Å². The molecule has 2 aromatic rings. The standard InChI is InChI=1S/C14H12ClF2NO/c15-13-4-2-1-3-12(13)14(19)8-18-11-6-9(16)5-10(17)7-11/h1-7,14,18-19H,8H2. The van der Waals surface area contributed by atoms with Crippen molar-refractivity contribution >= 4 is 17.3 Å². The minimum absolute atomic E-state index is 0.104. The predicted molar refractivity (Wildman–Crippen MR) is 71.3 cm³/mol. The molecule has 2 nitrogen and oxygen atoms in total. The summed E-state index contributed by atoms with van der Waals surface area (Å²) in [6, 6.07) is 9.98. The topological polar surface area (TPSA) is 32.3 Å². The third kappa shape index (κ3) is 3.66. The second kappa shape index (κ2) is 5.99. The molecular weight excluding hydrogens is 272 g/mol. The van der Waals surface area contributed by atoms with Crippen molar-refractivity contribution in [3.05, 3.63) is 64.7 Å². The van der Waals surface area contributed by atoms with Gasteiger partial charge in [0.1, 0.15) is 11.6 Å². The third-order valence-corrected chi connectivity index (χ3v) is 2.97. The van der Waals surface area contributed by atoms with Crippen LogP contribution in [0.4, 0.5) is 14.5 Å². The summed E-state index contributed by atoms with van der Waals surface area (Å²) < 4.78 is 26.0. The Balaban J connectivity index is 2.04. The molecule has 0 aliphatic rings. The Morgan fingerprint density at radius 3 is 2.37 bits per heavy atom. The predicted octanol–water partition coefficient (Wildman–Crippen LogP) is 3.76. The van der Waals surface area contributed by atoms with Crippen molar-refractivity contribution in [2.45, 2.75) is 6.10 Å². The highest BCUT2D eigenvalue weighted by molar-refractivity contribution is 6.31. The van der Waals surface area contributed by atoms with Crippen molar-refractivity contribution in [3.63, 3.8) is 0 Å². The molecule has 0 saturated heterocycles. The maximum absolute atomic E-state index is 13.0. The fourth-order valence-corrected chi connectivity index (χ4v) is 1.99. The maximum Gasteiger partial charge on any atom is 0.128 e. The van der Waals surface area contributed by atoms with E-state index in [2.05, 4.69) is 5.32 Å². The van der Waals surface area contributed by atoms with Crippen molar-refractivity contribution in [2.75, 3.05) is 11.9 Å². The van der Waals surface area contributed by atoms with Gasteiger partial charge < -0.3 is 10.4 Å². The first-order valence-electron chi connectivity index (χ1n) is 5.69. The van der Waals surface area contributed by atoms with E-state index in [1.54, 1.807) is 24.3 Å². The van der Waals surface area contributed by atoms with Crippen LogP contribution in [0.3, 0.4) is 0 Å². The van der Waals surface area contributed by atoms with Gasteiger partial charge in [-0.1, -0.05) is 29.8 Å². The summed E-state index contributed by atoms with van der Waals surface area (Å²) in [5, 5.41) is 13.2. The molecule has 2 N–H and O–H groups in total. The summed E-state index contributed by atoms with van der Waals surface area (Å²) in [6.45, 7) is 0.104. The summed E-state index contributed by atoms with van der Waals surface area (Å²) >= 11 is 5.94. The lowest BCUT2D eigenvalue weighted by Crippen LogP contribution is -2.12. The molecule has 0 amide bonds. The zero-order valence-electron chi connectivity index (χ0n) is 9.91. The Kier molecular flexibility index (Phi) is 4.35. The molecule has 2 aromatic carbocycles. The molecule has 0 bridgehead atoms. The Hall–Kier alpha value is -1.65. The van der Waals surface area contributed by atoms with Gasteiger partial charge in [0.2, 0.25) is 0 Å².